The Bertz CT molecular complexity index is 599. The Labute approximate surface area is 91.9 Å². The zero-order valence-electron chi connectivity index (χ0n) is 8.10. The van der Waals surface area contributed by atoms with Crippen molar-refractivity contribution >= 4 is 17.0 Å². The molecule has 0 aliphatic carbocycles. The predicted octanol–water partition coefficient (Wildman–Crippen LogP) is 0.103. The van der Waals surface area contributed by atoms with Crippen LogP contribution in [0.4, 0.5) is 19.1 Å². The molecule has 0 aliphatic rings. The fraction of sp³-hybridized carbons (Fsp3) is 0.125. The highest BCUT2D eigenvalue weighted by atomic mass is 19.4. The summed E-state index contributed by atoms with van der Waals surface area (Å²) in [6.45, 7) is 0. The lowest BCUT2D eigenvalue weighted by Gasteiger charge is -2.10. The second-order valence-electron chi connectivity index (χ2n) is 3.23. The molecule has 0 fully saturated rings. The van der Waals surface area contributed by atoms with E-state index < -0.39 is 23.2 Å². The van der Waals surface area contributed by atoms with Crippen LogP contribution in [0.1, 0.15) is 5.56 Å². The van der Waals surface area contributed by atoms with Gasteiger partial charge in [0.05, 0.1) is 5.56 Å². The van der Waals surface area contributed by atoms with Gasteiger partial charge in [0.15, 0.2) is 5.52 Å². The van der Waals surface area contributed by atoms with E-state index in [1.54, 1.807) is 0 Å². The number of hydrogen-bond acceptors (Lipinski definition) is 4. The number of nitrogen functional groups attached to an aromatic ring is 1. The molecule has 0 radical (unpaired) electrons. The third kappa shape index (κ3) is 1.75. The van der Waals surface area contributed by atoms with E-state index in [2.05, 4.69) is 5.10 Å². The molecular formula is C8H5F3N4O2. The molecule has 2 aromatic rings. The zero-order chi connectivity index (χ0) is 12.8. The highest BCUT2D eigenvalue weighted by molar-refractivity contribution is 5.69. The van der Waals surface area contributed by atoms with Crippen molar-refractivity contribution in [1.82, 2.24) is 5.10 Å². The van der Waals surface area contributed by atoms with Crippen LogP contribution in [-0.2, 0) is 6.18 Å². The quantitative estimate of drug-likeness (QED) is 0.527. The minimum Gasteiger partial charge on any atom is -0.739 e. The molecule has 2 rings (SSSR count). The molecule has 0 atom stereocenters. The fourth-order valence-electron chi connectivity index (χ4n) is 1.34. The van der Waals surface area contributed by atoms with Gasteiger partial charge in [-0.2, -0.15) is 13.2 Å². The lowest BCUT2D eigenvalue weighted by molar-refractivity contribution is -0.672. The van der Waals surface area contributed by atoms with Crippen molar-refractivity contribution in [2.45, 2.75) is 6.18 Å². The van der Waals surface area contributed by atoms with Crippen LogP contribution >= 0.6 is 0 Å². The second kappa shape index (κ2) is 3.34. The summed E-state index contributed by atoms with van der Waals surface area (Å²) in [4.78, 5) is -0.000773. The molecule has 0 bridgehead atoms. The van der Waals surface area contributed by atoms with E-state index in [4.69, 9.17) is 5.73 Å². The number of nitrogens with two attached hydrogens (primary N) is 1. The van der Waals surface area contributed by atoms with Gasteiger partial charge in [0.1, 0.15) is 0 Å². The molecule has 1 heterocycles. The molecule has 9 heteroatoms. The smallest absolute Gasteiger partial charge is 0.458 e. The molecule has 0 aliphatic heterocycles. The first-order valence-corrected chi connectivity index (χ1v) is 4.30. The van der Waals surface area contributed by atoms with Crippen molar-refractivity contribution in [3.05, 3.63) is 34.2 Å². The standard InChI is InChI=1S/C8H5F3N4O2/c9-8(10,11)4-1-2-5-6(3-4)14(16)7(12)13-15(5)17/h1-3H,(H2,12,13). The summed E-state index contributed by atoms with van der Waals surface area (Å²) in [5, 5.41) is 25.7. The molecular weight excluding hydrogens is 241 g/mol. The third-order valence-corrected chi connectivity index (χ3v) is 2.13. The first-order chi connectivity index (χ1) is 7.80. The summed E-state index contributed by atoms with van der Waals surface area (Å²) in [6.07, 6.45) is -4.60. The number of alkyl halides is 3. The summed E-state index contributed by atoms with van der Waals surface area (Å²) in [5.41, 5.74) is 3.27. The van der Waals surface area contributed by atoms with Crippen LogP contribution in [0.3, 0.4) is 0 Å². The summed E-state index contributed by atoms with van der Waals surface area (Å²) in [5.74, 6) is -0.716. The SMILES string of the molecule is Nc1n[n+]([O-])c2ccc(C(F)(F)F)cc2[n+]1[O-]. The number of rotatable bonds is 0. The Morgan fingerprint density at radius 1 is 1.18 bits per heavy atom. The van der Waals surface area contributed by atoms with Crippen molar-refractivity contribution in [2.24, 2.45) is 0 Å². The van der Waals surface area contributed by atoms with Gasteiger partial charge in [0.2, 0.25) is 5.10 Å². The molecule has 1 aromatic carbocycles. The number of halogens is 3. The van der Waals surface area contributed by atoms with E-state index in [1.165, 1.54) is 0 Å². The van der Waals surface area contributed by atoms with E-state index in [0.717, 1.165) is 6.07 Å². The highest BCUT2D eigenvalue weighted by Crippen LogP contribution is 2.30. The number of aromatic nitrogens is 3. The van der Waals surface area contributed by atoms with Gasteiger partial charge in [0.25, 0.3) is 5.52 Å². The predicted molar refractivity (Wildman–Crippen MR) is 49.1 cm³/mol. The summed E-state index contributed by atoms with van der Waals surface area (Å²) >= 11 is 0. The molecule has 90 valence electrons. The molecule has 1 aromatic heterocycles. The average molecular weight is 246 g/mol. The third-order valence-electron chi connectivity index (χ3n) is 2.13. The van der Waals surface area contributed by atoms with Gasteiger partial charge in [-0.25, -0.2) is 4.73 Å². The minimum atomic E-state index is -4.60. The molecule has 0 saturated heterocycles. The number of anilines is 1. The average Bonchev–Trinajstić information content (AvgIpc) is 2.24. The van der Waals surface area contributed by atoms with Crippen molar-refractivity contribution in [3.8, 4) is 0 Å². The Kier molecular flexibility index (Phi) is 2.19. The monoisotopic (exact) mass is 246 g/mol. The summed E-state index contributed by atoms with van der Waals surface area (Å²) in [6, 6.07) is 2.11. The van der Waals surface area contributed by atoms with Gasteiger partial charge in [-0.1, -0.05) is 0 Å². The molecule has 0 unspecified atom stereocenters. The number of nitrogens with zero attached hydrogens (tertiary/aromatic N) is 3. The van der Waals surface area contributed by atoms with Crippen LogP contribution in [0.25, 0.3) is 11.0 Å². The zero-order valence-corrected chi connectivity index (χ0v) is 8.10. The molecule has 0 spiro atoms. The first-order valence-electron chi connectivity index (χ1n) is 4.30. The van der Waals surface area contributed by atoms with E-state index in [-0.39, 0.29) is 15.1 Å². The van der Waals surface area contributed by atoms with Crippen LogP contribution in [0, 0.1) is 10.4 Å². The molecule has 2 N–H and O–H groups in total. The molecule has 17 heavy (non-hydrogen) atoms. The van der Waals surface area contributed by atoms with Crippen LogP contribution in [0.15, 0.2) is 18.2 Å². The van der Waals surface area contributed by atoms with Crippen LogP contribution in [-0.4, -0.2) is 5.10 Å². The number of benzene rings is 1. The number of fused-ring (bicyclic) bond motifs is 1. The lowest BCUT2D eigenvalue weighted by Crippen LogP contribution is -2.44. The highest BCUT2D eigenvalue weighted by Gasteiger charge is 2.32. The normalized spacial score (nSPS) is 11.9. The van der Waals surface area contributed by atoms with Gasteiger partial charge in [-0.05, 0) is 12.1 Å². The topological polar surface area (TPSA) is 92.8 Å². The molecule has 6 nitrogen and oxygen atoms in total. The van der Waals surface area contributed by atoms with E-state index in [1.807, 2.05) is 0 Å². The van der Waals surface area contributed by atoms with Crippen LogP contribution in [0.2, 0.25) is 0 Å². The summed E-state index contributed by atoms with van der Waals surface area (Å²) in [7, 11) is 0. The van der Waals surface area contributed by atoms with E-state index >= 15 is 0 Å². The van der Waals surface area contributed by atoms with Crippen molar-refractivity contribution < 1.29 is 22.7 Å². The van der Waals surface area contributed by atoms with Crippen molar-refractivity contribution in [3.63, 3.8) is 0 Å². The van der Waals surface area contributed by atoms with Crippen molar-refractivity contribution in [2.75, 3.05) is 5.73 Å². The Hall–Kier alpha value is -2.32. The molecule has 0 amide bonds. The van der Waals surface area contributed by atoms with Gasteiger partial charge in [0, 0.05) is 10.9 Å². The number of hydrogen-bond donors (Lipinski definition) is 1. The summed E-state index contributed by atoms with van der Waals surface area (Å²) < 4.78 is 37.2. The second-order valence-corrected chi connectivity index (χ2v) is 3.23. The first kappa shape index (κ1) is 11.2. The minimum absolute atomic E-state index is 0.000773. The Morgan fingerprint density at radius 3 is 2.41 bits per heavy atom. The van der Waals surface area contributed by atoms with Gasteiger partial charge >= 0.3 is 12.1 Å². The maximum atomic E-state index is 12.4. The van der Waals surface area contributed by atoms with Crippen LogP contribution in [0.5, 0.6) is 0 Å². The Balaban J connectivity index is 2.81. The molecule has 0 saturated carbocycles. The maximum absolute atomic E-state index is 12.4. The maximum Gasteiger partial charge on any atom is 0.458 e. The Morgan fingerprint density at radius 2 is 1.82 bits per heavy atom. The van der Waals surface area contributed by atoms with Gasteiger partial charge in [-0.3, -0.25) is 5.73 Å². The van der Waals surface area contributed by atoms with E-state index in [9.17, 15) is 23.6 Å². The van der Waals surface area contributed by atoms with Gasteiger partial charge < -0.3 is 10.4 Å². The largest absolute Gasteiger partial charge is 0.739 e. The lowest BCUT2D eigenvalue weighted by atomic mass is 10.2. The van der Waals surface area contributed by atoms with Crippen molar-refractivity contribution in [1.29, 1.82) is 0 Å². The van der Waals surface area contributed by atoms with Gasteiger partial charge in [-0.15, -0.1) is 0 Å². The fourth-order valence-corrected chi connectivity index (χ4v) is 1.34. The van der Waals surface area contributed by atoms with E-state index in [0.29, 0.717) is 12.1 Å². The van der Waals surface area contributed by atoms with Crippen LogP contribution < -0.4 is 15.3 Å².